The molecule has 0 saturated carbocycles. The molecule has 0 atom stereocenters. The van der Waals surface area contributed by atoms with E-state index in [2.05, 4.69) is 10.4 Å². The number of amides is 1. The Hall–Kier alpha value is -2.85. The third-order valence-electron chi connectivity index (χ3n) is 4.11. The molecule has 0 bridgehead atoms. The van der Waals surface area contributed by atoms with Crippen LogP contribution in [0.5, 0.6) is 0 Å². The first-order valence-corrected chi connectivity index (χ1v) is 8.74. The maximum absolute atomic E-state index is 12.1. The van der Waals surface area contributed by atoms with Gasteiger partial charge >= 0.3 is 0 Å². The minimum Gasteiger partial charge on any atom is -0.348 e. The average molecular weight is 366 g/mol. The Labute approximate surface area is 158 Å². The van der Waals surface area contributed by atoms with Crippen LogP contribution in [0.2, 0.25) is 5.02 Å². The van der Waals surface area contributed by atoms with Gasteiger partial charge in [0, 0.05) is 28.9 Å². The number of rotatable bonds is 5. The van der Waals surface area contributed by atoms with Crippen molar-refractivity contribution in [3.8, 4) is 5.69 Å². The Morgan fingerprint density at radius 2 is 1.92 bits per heavy atom. The van der Waals surface area contributed by atoms with E-state index in [-0.39, 0.29) is 5.91 Å². The summed E-state index contributed by atoms with van der Waals surface area (Å²) < 4.78 is 1.89. The van der Waals surface area contributed by atoms with Gasteiger partial charge in [-0.3, -0.25) is 4.79 Å². The summed E-state index contributed by atoms with van der Waals surface area (Å²) in [6.45, 7) is 4.37. The lowest BCUT2D eigenvalue weighted by Crippen LogP contribution is -2.20. The number of nitrogens with zero attached hydrogens (tertiary/aromatic N) is 2. The molecule has 0 unspecified atom stereocenters. The average Bonchev–Trinajstić information content (AvgIpc) is 2.93. The SMILES string of the molecule is Cc1nn(-c2ccccc2)c(C)c1/C=C/C(=O)NCc1cccc(Cl)c1. The van der Waals surface area contributed by atoms with E-state index in [9.17, 15) is 4.79 Å². The quantitative estimate of drug-likeness (QED) is 0.678. The molecule has 132 valence electrons. The predicted molar refractivity (Wildman–Crippen MR) is 105 cm³/mol. The highest BCUT2D eigenvalue weighted by atomic mass is 35.5. The zero-order chi connectivity index (χ0) is 18.5. The van der Waals surface area contributed by atoms with Crippen LogP contribution < -0.4 is 5.32 Å². The fourth-order valence-corrected chi connectivity index (χ4v) is 2.98. The van der Waals surface area contributed by atoms with Crippen LogP contribution in [0.4, 0.5) is 0 Å². The molecular weight excluding hydrogens is 346 g/mol. The Morgan fingerprint density at radius 3 is 2.65 bits per heavy atom. The number of hydrogen-bond donors (Lipinski definition) is 1. The molecule has 0 fully saturated rings. The zero-order valence-electron chi connectivity index (χ0n) is 14.7. The molecule has 3 rings (SSSR count). The van der Waals surface area contributed by atoms with Crippen molar-refractivity contribution in [2.24, 2.45) is 0 Å². The van der Waals surface area contributed by atoms with E-state index >= 15 is 0 Å². The molecule has 4 nitrogen and oxygen atoms in total. The summed E-state index contributed by atoms with van der Waals surface area (Å²) in [6, 6.07) is 17.4. The number of halogens is 1. The Kier molecular flexibility index (Phi) is 5.54. The van der Waals surface area contributed by atoms with Crippen molar-refractivity contribution in [3.05, 3.63) is 88.2 Å². The Morgan fingerprint density at radius 1 is 1.15 bits per heavy atom. The van der Waals surface area contributed by atoms with Crippen molar-refractivity contribution in [1.29, 1.82) is 0 Å². The second-order valence-corrected chi connectivity index (χ2v) is 6.45. The Bertz CT molecular complexity index is 945. The van der Waals surface area contributed by atoms with Gasteiger partial charge in [-0.25, -0.2) is 4.68 Å². The molecule has 0 aliphatic carbocycles. The fraction of sp³-hybridized carbons (Fsp3) is 0.143. The van der Waals surface area contributed by atoms with Crippen LogP contribution in [-0.2, 0) is 11.3 Å². The number of carbonyl (C=O) groups is 1. The minimum atomic E-state index is -0.156. The highest BCUT2D eigenvalue weighted by molar-refractivity contribution is 6.30. The van der Waals surface area contributed by atoms with Crippen molar-refractivity contribution in [1.82, 2.24) is 15.1 Å². The monoisotopic (exact) mass is 365 g/mol. The molecule has 1 aromatic heterocycles. The van der Waals surface area contributed by atoms with Gasteiger partial charge in [-0.05, 0) is 49.8 Å². The van der Waals surface area contributed by atoms with E-state index in [0.717, 1.165) is 28.2 Å². The van der Waals surface area contributed by atoms with Gasteiger partial charge < -0.3 is 5.32 Å². The molecule has 0 radical (unpaired) electrons. The number of nitrogens with one attached hydrogen (secondary N) is 1. The van der Waals surface area contributed by atoms with Crippen LogP contribution >= 0.6 is 11.6 Å². The molecule has 1 N–H and O–H groups in total. The van der Waals surface area contributed by atoms with Gasteiger partial charge in [-0.1, -0.05) is 41.9 Å². The smallest absolute Gasteiger partial charge is 0.244 e. The van der Waals surface area contributed by atoms with Crippen LogP contribution in [0.15, 0.2) is 60.7 Å². The maximum atomic E-state index is 12.1. The van der Waals surface area contributed by atoms with Gasteiger partial charge in [-0.2, -0.15) is 5.10 Å². The number of carbonyl (C=O) groups excluding carboxylic acids is 1. The van der Waals surface area contributed by atoms with Crippen molar-refractivity contribution in [3.63, 3.8) is 0 Å². The topological polar surface area (TPSA) is 46.9 Å². The molecule has 0 aliphatic heterocycles. The van der Waals surface area contributed by atoms with Crippen LogP contribution in [-0.4, -0.2) is 15.7 Å². The van der Waals surface area contributed by atoms with Crippen molar-refractivity contribution in [2.75, 3.05) is 0 Å². The molecule has 2 aromatic carbocycles. The lowest BCUT2D eigenvalue weighted by atomic mass is 10.1. The number of benzene rings is 2. The molecule has 0 spiro atoms. The van der Waals surface area contributed by atoms with E-state index < -0.39 is 0 Å². The van der Waals surface area contributed by atoms with E-state index in [1.807, 2.05) is 79.2 Å². The molecule has 5 heteroatoms. The fourth-order valence-electron chi connectivity index (χ4n) is 2.77. The molecule has 0 aliphatic rings. The predicted octanol–water partition coefficient (Wildman–Crippen LogP) is 4.47. The largest absolute Gasteiger partial charge is 0.348 e. The summed E-state index contributed by atoms with van der Waals surface area (Å²) in [4.78, 5) is 12.1. The number of aryl methyl sites for hydroxylation is 1. The first-order valence-electron chi connectivity index (χ1n) is 8.36. The molecule has 1 amide bonds. The number of hydrogen-bond acceptors (Lipinski definition) is 2. The van der Waals surface area contributed by atoms with Crippen molar-refractivity contribution < 1.29 is 4.79 Å². The van der Waals surface area contributed by atoms with Crippen LogP contribution in [0, 0.1) is 13.8 Å². The normalized spacial score (nSPS) is 11.0. The summed E-state index contributed by atoms with van der Waals surface area (Å²) >= 11 is 5.95. The zero-order valence-corrected chi connectivity index (χ0v) is 15.5. The van der Waals surface area contributed by atoms with E-state index in [1.165, 1.54) is 6.08 Å². The summed E-state index contributed by atoms with van der Waals surface area (Å²) in [7, 11) is 0. The second-order valence-electron chi connectivity index (χ2n) is 6.01. The molecule has 0 saturated heterocycles. The van der Waals surface area contributed by atoms with Crippen LogP contribution in [0.3, 0.4) is 0 Å². The van der Waals surface area contributed by atoms with Gasteiger partial charge in [0.15, 0.2) is 0 Å². The third kappa shape index (κ3) is 4.21. The van der Waals surface area contributed by atoms with Gasteiger partial charge in [0.05, 0.1) is 11.4 Å². The first-order chi connectivity index (χ1) is 12.5. The molecule has 3 aromatic rings. The number of aromatic nitrogens is 2. The van der Waals surface area contributed by atoms with E-state index in [4.69, 9.17) is 11.6 Å². The summed E-state index contributed by atoms with van der Waals surface area (Å²) in [6.07, 6.45) is 3.35. The van der Waals surface area contributed by atoms with Gasteiger partial charge in [0.2, 0.25) is 5.91 Å². The minimum absolute atomic E-state index is 0.156. The Balaban J connectivity index is 1.70. The standard InChI is InChI=1S/C21H20ClN3O/c1-15-20(16(2)25(24-15)19-9-4-3-5-10-19)11-12-21(26)23-14-17-7-6-8-18(22)13-17/h3-13H,14H2,1-2H3,(H,23,26)/b12-11+. The number of para-hydroxylation sites is 1. The molecule has 1 heterocycles. The van der Waals surface area contributed by atoms with Crippen molar-refractivity contribution >= 4 is 23.6 Å². The van der Waals surface area contributed by atoms with E-state index in [0.29, 0.717) is 11.6 Å². The second kappa shape index (κ2) is 8.02. The highest BCUT2D eigenvalue weighted by Crippen LogP contribution is 2.19. The molecule has 26 heavy (non-hydrogen) atoms. The third-order valence-corrected chi connectivity index (χ3v) is 4.34. The lowest BCUT2D eigenvalue weighted by molar-refractivity contribution is -0.116. The lowest BCUT2D eigenvalue weighted by Gasteiger charge is -2.04. The van der Waals surface area contributed by atoms with Gasteiger partial charge in [0.25, 0.3) is 0 Å². The highest BCUT2D eigenvalue weighted by Gasteiger charge is 2.10. The summed E-state index contributed by atoms with van der Waals surface area (Å²) in [5, 5.41) is 8.10. The summed E-state index contributed by atoms with van der Waals surface area (Å²) in [5.41, 5.74) is 4.78. The summed E-state index contributed by atoms with van der Waals surface area (Å²) in [5.74, 6) is -0.156. The van der Waals surface area contributed by atoms with Gasteiger partial charge in [-0.15, -0.1) is 0 Å². The van der Waals surface area contributed by atoms with Gasteiger partial charge in [0.1, 0.15) is 0 Å². The maximum Gasteiger partial charge on any atom is 0.244 e. The van der Waals surface area contributed by atoms with E-state index in [1.54, 1.807) is 0 Å². The van der Waals surface area contributed by atoms with Crippen LogP contribution in [0.1, 0.15) is 22.5 Å². The van der Waals surface area contributed by atoms with Crippen LogP contribution in [0.25, 0.3) is 11.8 Å². The first kappa shape index (κ1) is 18.0. The van der Waals surface area contributed by atoms with Crippen molar-refractivity contribution in [2.45, 2.75) is 20.4 Å². The molecular formula is C21H20ClN3O.